The zero-order valence-corrected chi connectivity index (χ0v) is 9.98. The second-order valence-corrected chi connectivity index (χ2v) is 4.17. The van der Waals surface area contributed by atoms with Crippen molar-refractivity contribution in [3.8, 4) is 11.3 Å². The Hall–Kier alpha value is -2.57. The lowest BCUT2D eigenvalue weighted by molar-refractivity contribution is -0.136. The van der Waals surface area contributed by atoms with Gasteiger partial charge in [0.1, 0.15) is 0 Å². The molecule has 3 rings (SSSR count). The van der Waals surface area contributed by atoms with E-state index in [4.69, 9.17) is 10.3 Å². The average Bonchev–Trinajstić information content (AvgIpc) is 2.79. The molecular weight excluding hydrogens is 271 g/mol. The van der Waals surface area contributed by atoms with Gasteiger partial charge in [0.25, 0.3) is 5.71 Å². The van der Waals surface area contributed by atoms with E-state index < -0.39 is 11.7 Å². The van der Waals surface area contributed by atoms with E-state index in [-0.39, 0.29) is 22.6 Å². The van der Waals surface area contributed by atoms with Crippen LogP contribution in [0.4, 0.5) is 19.0 Å². The maximum Gasteiger partial charge on any atom is 0.417 e. The number of halogens is 3. The van der Waals surface area contributed by atoms with Gasteiger partial charge in [0.05, 0.1) is 16.6 Å². The summed E-state index contributed by atoms with van der Waals surface area (Å²) in [6, 6.07) is 9.46. The lowest BCUT2D eigenvalue weighted by Gasteiger charge is -2.09. The summed E-state index contributed by atoms with van der Waals surface area (Å²) in [6.45, 7) is 0. The molecule has 1 aromatic carbocycles. The molecule has 0 unspecified atom stereocenters. The van der Waals surface area contributed by atoms with Crippen LogP contribution in [0.3, 0.4) is 0 Å². The third-order valence-corrected chi connectivity index (χ3v) is 2.85. The predicted octanol–water partition coefficient (Wildman–Crippen LogP) is 3.49. The summed E-state index contributed by atoms with van der Waals surface area (Å²) < 4.78 is 44.1. The number of anilines is 1. The van der Waals surface area contributed by atoms with Crippen LogP contribution in [0.2, 0.25) is 0 Å². The van der Waals surface area contributed by atoms with Crippen LogP contribution in [0.5, 0.6) is 0 Å². The highest BCUT2D eigenvalue weighted by Gasteiger charge is 2.36. The van der Waals surface area contributed by atoms with Gasteiger partial charge in [0.15, 0.2) is 5.82 Å². The van der Waals surface area contributed by atoms with E-state index >= 15 is 0 Å². The Morgan fingerprint density at radius 1 is 1.10 bits per heavy atom. The fourth-order valence-corrected chi connectivity index (χ4v) is 1.95. The average molecular weight is 279 g/mol. The quantitative estimate of drug-likeness (QED) is 0.740. The zero-order chi connectivity index (χ0) is 14.3. The lowest BCUT2D eigenvalue weighted by Crippen LogP contribution is -2.07. The Balaban J connectivity index is 2.32. The van der Waals surface area contributed by atoms with Crippen molar-refractivity contribution in [1.29, 1.82) is 0 Å². The van der Waals surface area contributed by atoms with E-state index in [1.807, 2.05) is 0 Å². The Labute approximate surface area is 111 Å². The van der Waals surface area contributed by atoms with Crippen molar-refractivity contribution >= 4 is 16.9 Å². The van der Waals surface area contributed by atoms with Crippen molar-refractivity contribution in [2.45, 2.75) is 6.18 Å². The number of pyridine rings is 1. The van der Waals surface area contributed by atoms with Crippen LogP contribution in [0.15, 0.2) is 40.9 Å². The van der Waals surface area contributed by atoms with E-state index in [0.29, 0.717) is 5.56 Å². The normalized spacial score (nSPS) is 11.9. The van der Waals surface area contributed by atoms with Gasteiger partial charge in [-0.05, 0) is 6.07 Å². The lowest BCUT2D eigenvalue weighted by atomic mass is 10.1. The van der Waals surface area contributed by atoms with Crippen LogP contribution in [-0.2, 0) is 6.18 Å². The smallest absolute Gasteiger partial charge is 0.380 e. The van der Waals surface area contributed by atoms with Gasteiger partial charge < -0.3 is 10.3 Å². The first-order valence-corrected chi connectivity index (χ1v) is 5.65. The van der Waals surface area contributed by atoms with Crippen molar-refractivity contribution in [2.75, 3.05) is 5.73 Å². The molecule has 2 heterocycles. The molecule has 0 aliphatic rings. The van der Waals surface area contributed by atoms with Crippen LogP contribution in [0, 0.1) is 0 Å². The van der Waals surface area contributed by atoms with E-state index in [1.165, 1.54) is 0 Å². The summed E-state index contributed by atoms with van der Waals surface area (Å²) in [6.07, 6.45) is -4.57. The minimum Gasteiger partial charge on any atom is -0.380 e. The maximum atomic E-state index is 13.1. The summed E-state index contributed by atoms with van der Waals surface area (Å²) in [5.41, 5.74) is 4.99. The van der Waals surface area contributed by atoms with Crippen LogP contribution < -0.4 is 5.73 Å². The van der Waals surface area contributed by atoms with Gasteiger partial charge in [0, 0.05) is 5.56 Å². The molecule has 7 heteroatoms. The molecule has 0 saturated carbocycles. The number of alkyl halides is 3. The molecular formula is C13H8F3N3O. The van der Waals surface area contributed by atoms with Gasteiger partial charge in [0.2, 0.25) is 0 Å². The molecule has 102 valence electrons. The van der Waals surface area contributed by atoms with E-state index in [2.05, 4.69) is 10.1 Å². The first-order chi connectivity index (χ1) is 9.47. The van der Waals surface area contributed by atoms with E-state index in [9.17, 15) is 13.2 Å². The number of hydrogen-bond acceptors (Lipinski definition) is 4. The predicted molar refractivity (Wildman–Crippen MR) is 66.7 cm³/mol. The number of hydrogen-bond donors (Lipinski definition) is 1. The fourth-order valence-electron chi connectivity index (χ4n) is 1.95. The van der Waals surface area contributed by atoms with Crippen LogP contribution in [0.25, 0.3) is 22.4 Å². The number of benzene rings is 1. The molecule has 3 aromatic rings. The second-order valence-electron chi connectivity index (χ2n) is 4.17. The highest BCUT2D eigenvalue weighted by atomic mass is 19.4. The first kappa shape index (κ1) is 12.5. The van der Waals surface area contributed by atoms with Gasteiger partial charge >= 0.3 is 6.18 Å². The molecule has 2 N–H and O–H groups in total. The number of fused-ring (bicyclic) bond motifs is 1. The molecule has 0 radical (unpaired) electrons. The summed E-state index contributed by atoms with van der Waals surface area (Å²) >= 11 is 0. The Morgan fingerprint density at radius 3 is 2.45 bits per heavy atom. The second kappa shape index (κ2) is 4.22. The van der Waals surface area contributed by atoms with Crippen LogP contribution >= 0.6 is 0 Å². The third kappa shape index (κ3) is 1.97. The number of nitrogen functional groups attached to an aromatic ring is 1. The minimum atomic E-state index is -4.57. The van der Waals surface area contributed by atoms with E-state index in [1.54, 1.807) is 30.3 Å². The molecule has 0 spiro atoms. The van der Waals surface area contributed by atoms with E-state index in [0.717, 1.165) is 6.07 Å². The molecule has 0 fully saturated rings. The number of rotatable bonds is 1. The third-order valence-electron chi connectivity index (χ3n) is 2.85. The zero-order valence-electron chi connectivity index (χ0n) is 9.98. The summed E-state index contributed by atoms with van der Waals surface area (Å²) in [5, 5.41) is 3.04. The molecule has 0 atom stereocenters. The molecule has 0 aliphatic carbocycles. The highest BCUT2D eigenvalue weighted by Crippen LogP contribution is 2.38. The Morgan fingerprint density at radius 2 is 1.80 bits per heavy atom. The summed E-state index contributed by atoms with van der Waals surface area (Å²) in [5.74, 6) is -0.320. The van der Waals surface area contributed by atoms with Crippen LogP contribution in [-0.4, -0.2) is 10.1 Å². The number of aromatic nitrogens is 2. The standard InChI is InChI=1S/C13H8F3N3O/c14-13(15,16)8-6-9(7-4-2-1-3-5-7)18-12-10(8)11(17)19-20-12/h1-6H,(H2,17,19). The number of nitrogens with zero attached hydrogens (tertiary/aromatic N) is 2. The number of nitrogens with two attached hydrogens (primary N) is 1. The topological polar surface area (TPSA) is 64.9 Å². The largest absolute Gasteiger partial charge is 0.417 e. The van der Waals surface area contributed by atoms with Gasteiger partial charge in [-0.15, -0.1) is 0 Å². The molecule has 2 aromatic heterocycles. The highest BCUT2D eigenvalue weighted by molar-refractivity contribution is 5.90. The van der Waals surface area contributed by atoms with Gasteiger partial charge in [-0.1, -0.05) is 35.5 Å². The maximum absolute atomic E-state index is 13.1. The SMILES string of the molecule is Nc1noc2nc(-c3ccccc3)cc(C(F)(F)F)c12. The first-order valence-electron chi connectivity index (χ1n) is 5.65. The monoisotopic (exact) mass is 279 g/mol. The molecule has 0 bridgehead atoms. The fraction of sp³-hybridized carbons (Fsp3) is 0.0769. The van der Waals surface area contributed by atoms with Crippen molar-refractivity contribution in [2.24, 2.45) is 0 Å². The van der Waals surface area contributed by atoms with Crippen LogP contribution in [0.1, 0.15) is 5.56 Å². The Kier molecular flexibility index (Phi) is 2.63. The van der Waals surface area contributed by atoms with Gasteiger partial charge in [-0.2, -0.15) is 13.2 Å². The summed E-state index contributed by atoms with van der Waals surface area (Å²) in [7, 11) is 0. The van der Waals surface area contributed by atoms with Crippen molar-refractivity contribution < 1.29 is 17.7 Å². The molecule has 0 saturated heterocycles. The van der Waals surface area contributed by atoms with Gasteiger partial charge in [-0.3, -0.25) is 0 Å². The molecule has 4 nitrogen and oxygen atoms in total. The molecule has 20 heavy (non-hydrogen) atoms. The van der Waals surface area contributed by atoms with Crippen molar-refractivity contribution in [3.63, 3.8) is 0 Å². The van der Waals surface area contributed by atoms with Gasteiger partial charge in [-0.25, -0.2) is 4.98 Å². The van der Waals surface area contributed by atoms with Crippen molar-refractivity contribution in [3.05, 3.63) is 42.0 Å². The molecule has 0 aliphatic heterocycles. The molecule has 0 amide bonds. The van der Waals surface area contributed by atoms with Crippen molar-refractivity contribution in [1.82, 2.24) is 10.1 Å². The Bertz CT molecular complexity index is 766. The summed E-state index contributed by atoms with van der Waals surface area (Å²) in [4.78, 5) is 4.03. The minimum absolute atomic E-state index is 0.154.